The molecule has 0 bridgehead atoms. The zero-order valence-corrected chi connectivity index (χ0v) is 13.2. The normalized spacial score (nSPS) is 10.6. The molecule has 0 aliphatic heterocycles. The van der Waals surface area contributed by atoms with E-state index in [1.165, 1.54) is 22.5 Å². The molecule has 112 valence electrons. The molecule has 3 heteroatoms. The van der Waals surface area contributed by atoms with Crippen LogP contribution in [0.4, 0.5) is 5.69 Å². The van der Waals surface area contributed by atoms with E-state index in [-0.39, 0.29) is 5.57 Å². The standard InChI is InChI=1S/C20H17N3/c1-23(2)20-11-10-18-12-16(8-9-19(18)13-20)6-4-3-5-7-17(14-21)15-22/h3-13H,1-2H3/b5-3+,6-4+. The van der Waals surface area contributed by atoms with Gasteiger partial charge in [0.15, 0.2) is 0 Å². The zero-order chi connectivity index (χ0) is 16.7. The summed E-state index contributed by atoms with van der Waals surface area (Å²) in [5.74, 6) is 0. The molecule has 0 aromatic heterocycles. The molecular weight excluding hydrogens is 282 g/mol. The highest BCUT2D eigenvalue weighted by Crippen LogP contribution is 2.22. The van der Waals surface area contributed by atoms with Crippen molar-refractivity contribution >= 4 is 22.5 Å². The van der Waals surface area contributed by atoms with Gasteiger partial charge in [0.05, 0.1) is 0 Å². The predicted molar refractivity (Wildman–Crippen MR) is 95.8 cm³/mol. The third-order valence-corrected chi connectivity index (χ3v) is 3.38. The number of rotatable bonds is 4. The number of benzene rings is 2. The zero-order valence-electron chi connectivity index (χ0n) is 13.2. The Labute approximate surface area is 136 Å². The first kappa shape index (κ1) is 16.1. The molecule has 0 saturated carbocycles. The van der Waals surface area contributed by atoms with E-state index in [4.69, 9.17) is 10.5 Å². The molecule has 0 fully saturated rings. The van der Waals surface area contributed by atoms with Gasteiger partial charge in [0.1, 0.15) is 17.7 Å². The number of hydrogen-bond acceptors (Lipinski definition) is 3. The lowest BCUT2D eigenvalue weighted by atomic mass is 10.1. The van der Waals surface area contributed by atoms with E-state index >= 15 is 0 Å². The lowest BCUT2D eigenvalue weighted by molar-refractivity contribution is 1.14. The van der Waals surface area contributed by atoms with Crippen LogP contribution in [0.15, 0.2) is 66.3 Å². The second-order valence-corrected chi connectivity index (χ2v) is 5.23. The van der Waals surface area contributed by atoms with Gasteiger partial charge in [-0.3, -0.25) is 0 Å². The van der Waals surface area contributed by atoms with Crippen molar-refractivity contribution in [3.05, 3.63) is 71.8 Å². The van der Waals surface area contributed by atoms with Gasteiger partial charge in [0.25, 0.3) is 0 Å². The molecule has 0 atom stereocenters. The smallest absolute Gasteiger partial charge is 0.129 e. The van der Waals surface area contributed by atoms with Gasteiger partial charge < -0.3 is 4.90 Å². The number of fused-ring (bicyclic) bond motifs is 1. The first-order chi connectivity index (χ1) is 11.1. The first-order valence-corrected chi connectivity index (χ1v) is 7.20. The van der Waals surface area contributed by atoms with Gasteiger partial charge in [-0.1, -0.05) is 42.5 Å². The van der Waals surface area contributed by atoms with Crippen molar-refractivity contribution in [2.24, 2.45) is 0 Å². The second-order valence-electron chi connectivity index (χ2n) is 5.23. The molecule has 2 aromatic carbocycles. The van der Waals surface area contributed by atoms with E-state index in [0.29, 0.717) is 0 Å². The van der Waals surface area contributed by atoms with E-state index in [9.17, 15) is 0 Å². The maximum atomic E-state index is 8.62. The van der Waals surface area contributed by atoms with Gasteiger partial charge in [-0.2, -0.15) is 10.5 Å². The van der Waals surface area contributed by atoms with Crippen molar-refractivity contribution in [1.29, 1.82) is 10.5 Å². The van der Waals surface area contributed by atoms with E-state index in [1.807, 2.05) is 38.4 Å². The van der Waals surface area contributed by atoms with Gasteiger partial charge in [-0.25, -0.2) is 0 Å². The topological polar surface area (TPSA) is 50.8 Å². The van der Waals surface area contributed by atoms with E-state index < -0.39 is 0 Å². The summed E-state index contributed by atoms with van der Waals surface area (Å²) < 4.78 is 0. The van der Waals surface area contributed by atoms with Crippen molar-refractivity contribution in [3.63, 3.8) is 0 Å². The Hall–Kier alpha value is -3.30. The van der Waals surface area contributed by atoms with Crippen LogP contribution in [-0.4, -0.2) is 14.1 Å². The Balaban J connectivity index is 2.16. The number of hydrogen-bond donors (Lipinski definition) is 0. The van der Waals surface area contributed by atoms with E-state index in [0.717, 1.165) is 5.56 Å². The van der Waals surface area contributed by atoms with Gasteiger partial charge >= 0.3 is 0 Å². The number of nitrogens with zero attached hydrogens (tertiary/aromatic N) is 3. The molecule has 0 spiro atoms. The number of anilines is 1. The maximum absolute atomic E-state index is 8.62. The molecule has 3 nitrogen and oxygen atoms in total. The molecule has 0 N–H and O–H groups in total. The molecule has 0 heterocycles. The van der Waals surface area contributed by atoms with Crippen molar-refractivity contribution in [2.75, 3.05) is 19.0 Å². The van der Waals surface area contributed by atoms with Crippen LogP contribution in [0, 0.1) is 22.7 Å². The minimum absolute atomic E-state index is 0.0945. The second kappa shape index (κ2) is 7.64. The molecule has 0 saturated heterocycles. The monoisotopic (exact) mass is 299 g/mol. The van der Waals surface area contributed by atoms with E-state index in [2.05, 4.69) is 41.3 Å². The Morgan fingerprint density at radius 1 is 0.913 bits per heavy atom. The van der Waals surface area contributed by atoms with Crippen LogP contribution in [-0.2, 0) is 0 Å². The molecule has 0 amide bonds. The fraction of sp³-hybridized carbons (Fsp3) is 0.100. The number of allylic oxidation sites excluding steroid dienone is 5. The summed E-state index contributed by atoms with van der Waals surface area (Å²) in [6, 6.07) is 16.3. The minimum Gasteiger partial charge on any atom is -0.378 e. The summed E-state index contributed by atoms with van der Waals surface area (Å²) in [4.78, 5) is 2.09. The predicted octanol–water partition coefficient (Wildman–Crippen LogP) is 4.45. The van der Waals surface area contributed by atoms with Gasteiger partial charge in [0, 0.05) is 19.8 Å². The van der Waals surface area contributed by atoms with Crippen LogP contribution in [0.3, 0.4) is 0 Å². The average molecular weight is 299 g/mol. The third kappa shape index (κ3) is 4.33. The van der Waals surface area contributed by atoms with Gasteiger partial charge in [-0.05, 0) is 40.6 Å². The largest absolute Gasteiger partial charge is 0.378 e. The lowest BCUT2D eigenvalue weighted by Gasteiger charge is -2.13. The first-order valence-electron chi connectivity index (χ1n) is 7.20. The van der Waals surface area contributed by atoms with Crippen molar-refractivity contribution in [2.45, 2.75) is 0 Å². The molecule has 23 heavy (non-hydrogen) atoms. The minimum atomic E-state index is 0.0945. The van der Waals surface area contributed by atoms with Crippen LogP contribution in [0.1, 0.15) is 5.56 Å². The van der Waals surface area contributed by atoms with Crippen LogP contribution < -0.4 is 4.90 Å². The highest BCUT2D eigenvalue weighted by Gasteiger charge is 1.98. The van der Waals surface area contributed by atoms with E-state index in [1.54, 1.807) is 12.2 Å². The fourth-order valence-corrected chi connectivity index (χ4v) is 2.12. The maximum Gasteiger partial charge on any atom is 0.129 e. The summed E-state index contributed by atoms with van der Waals surface area (Å²) in [7, 11) is 4.06. The van der Waals surface area contributed by atoms with Gasteiger partial charge in [0.2, 0.25) is 0 Å². The Morgan fingerprint density at radius 2 is 1.61 bits per heavy atom. The third-order valence-electron chi connectivity index (χ3n) is 3.38. The van der Waals surface area contributed by atoms with Crippen LogP contribution >= 0.6 is 0 Å². The Bertz CT molecular complexity index is 856. The molecule has 0 radical (unpaired) electrons. The fourth-order valence-electron chi connectivity index (χ4n) is 2.12. The van der Waals surface area contributed by atoms with Crippen molar-refractivity contribution in [1.82, 2.24) is 0 Å². The van der Waals surface area contributed by atoms with Crippen molar-refractivity contribution < 1.29 is 0 Å². The van der Waals surface area contributed by atoms with Gasteiger partial charge in [-0.15, -0.1) is 0 Å². The molecule has 0 unspecified atom stereocenters. The average Bonchev–Trinajstić information content (AvgIpc) is 2.57. The van der Waals surface area contributed by atoms with Crippen molar-refractivity contribution in [3.8, 4) is 12.1 Å². The summed E-state index contributed by atoms with van der Waals surface area (Å²) in [6.07, 6.45) is 8.85. The molecule has 0 aliphatic carbocycles. The molecule has 2 rings (SSSR count). The highest BCUT2D eigenvalue weighted by atomic mass is 15.1. The summed E-state index contributed by atoms with van der Waals surface area (Å²) in [5.41, 5.74) is 2.38. The van der Waals surface area contributed by atoms with Crippen LogP contribution in [0.5, 0.6) is 0 Å². The lowest BCUT2D eigenvalue weighted by Crippen LogP contribution is -2.07. The Morgan fingerprint density at radius 3 is 2.30 bits per heavy atom. The SMILES string of the molecule is CN(C)c1ccc2cc(/C=C/C=C/C=C(C#N)C#N)ccc2c1. The Kier molecular flexibility index (Phi) is 5.34. The van der Waals surface area contributed by atoms with Crippen LogP contribution in [0.2, 0.25) is 0 Å². The molecular formula is C20H17N3. The highest BCUT2D eigenvalue weighted by molar-refractivity contribution is 5.87. The number of nitriles is 2. The quantitative estimate of drug-likeness (QED) is 0.619. The molecule has 0 aliphatic rings. The van der Waals surface area contributed by atoms with Crippen LogP contribution in [0.25, 0.3) is 16.8 Å². The summed E-state index contributed by atoms with van der Waals surface area (Å²) in [5, 5.41) is 19.6. The summed E-state index contributed by atoms with van der Waals surface area (Å²) >= 11 is 0. The summed E-state index contributed by atoms with van der Waals surface area (Å²) in [6.45, 7) is 0. The molecule has 2 aromatic rings.